The van der Waals surface area contributed by atoms with Crippen LogP contribution in [0.2, 0.25) is 15.1 Å². The molecule has 0 bridgehead atoms. The minimum Gasteiger partial charge on any atom is -0.463 e. The van der Waals surface area contributed by atoms with Gasteiger partial charge in [-0.25, -0.2) is 9.59 Å². The second-order valence-electron chi connectivity index (χ2n) is 5.01. The van der Waals surface area contributed by atoms with Crippen LogP contribution < -0.4 is 4.74 Å². The van der Waals surface area contributed by atoms with E-state index in [0.717, 1.165) is 37.8 Å². The number of rotatable bonds is 9. The molecule has 1 aromatic carbocycles. The third-order valence-electron chi connectivity index (χ3n) is 3.05. The highest BCUT2D eigenvalue weighted by molar-refractivity contribution is 6.44. The fourth-order valence-electron chi connectivity index (χ4n) is 1.80. The SMILES string of the molecule is CCCCCCCOC(=O)/C=C/C(=O)Oc1c(Cl)ccc(Cl)c1Cl. The molecule has 0 amide bonds. The summed E-state index contributed by atoms with van der Waals surface area (Å²) in [5.41, 5.74) is 0. The first-order chi connectivity index (χ1) is 11.5. The largest absolute Gasteiger partial charge is 0.463 e. The van der Waals surface area contributed by atoms with Crippen molar-refractivity contribution >= 4 is 46.7 Å². The Morgan fingerprint density at radius 2 is 1.58 bits per heavy atom. The number of ether oxygens (including phenoxy) is 2. The van der Waals surface area contributed by atoms with Crippen molar-refractivity contribution in [1.82, 2.24) is 0 Å². The second kappa shape index (κ2) is 11.3. The molecule has 0 N–H and O–H groups in total. The number of unbranched alkanes of at least 4 members (excludes halogenated alkanes) is 4. The molecule has 0 spiro atoms. The van der Waals surface area contributed by atoms with Crippen molar-refractivity contribution in [1.29, 1.82) is 0 Å². The summed E-state index contributed by atoms with van der Waals surface area (Å²) in [4.78, 5) is 23.2. The van der Waals surface area contributed by atoms with Crippen LogP contribution in [0.4, 0.5) is 0 Å². The Kier molecular flexibility index (Phi) is 9.84. The molecule has 0 aliphatic heterocycles. The van der Waals surface area contributed by atoms with Gasteiger partial charge >= 0.3 is 11.9 Å². The Morgan fingerprint density at radius 1 is 0.958 bits per heavy atom. The molecule has 1 rings (SSSR count). The first-order valence-corrected chi connectivity index (χ1v) is 8.79. The fourth-order valence-corrected chi connectivity index (χ4v) is 2.40. The van der Waals surface area contributed by atoms with Gasteiger partial charge < -0.3 is 9.47 Å². The van der Waals surface area contributed by atoms with Crippen molar-refractivity contribution in [3.63, 3.8) is 0 Å². The average Bonchev–Trinajstić information content (AvgIpc) is 2.56. The lowest BCUT2D eigenvalue weighted by atomic mass is 10.2. The number of carbonyl (C=O) groups excluding carboxylic acids is 2. The van der Waals surface area contributed by atoms with E-state index in [-0.39, 0.29) is 20.8 Å². The summed E-state index contributed by atoms with van der Waals surface area (Å²) in [7, 11) is 0. The Balaban J connectivity index is 2.41. The Bertz CT molecular complexity index is 600. The predicted octanol–water partition coefficient (Wildman–Crippen LogP) is 5.62. The van der Waals surface area contributed by atoms with Crippen LogP contribution in [0.25, 0.3) is 0 Å². The van der Waals surface area contributed by atoms with Crippen molar-refractivity contribution in [2.75, 3.05) is 6.61 Å². The minimum atomic E-state index is -0.805. The molecule has 0 unspecified atom stereocenters. The van der Waals surface area contributed by atoms with Crippen LogP contribution in [0, 0.1) is 0 Å². The Morgan fingerprint density at radius 3 is 2.29 bits per heavy atom. The Labute approximate surface area is 156 Å². The summed E-state index contributed by atoms with van der Waals surface area (Å²) in [6, 6.07) is 2.94. The van der Waals surface area contributed by atoms with Gasteiger partial charge in [-0.05, 0) is 18.6 Å². The van der Waals surface area contributed by atoms with Crippen LogP contribution in [0.5, 0.6) is 5.75 Å². The first kappa shape index (κ1) is 20.8. The standard InChI is InChI=1S/C17H19Cl3O4/c1-2-3-4-5-6-11-23-14(21)9-10-15(22)24-17-13(19)8-7-12(18)16(17)20/h7-10H,2-6,11H2,1H3/b10-9+. The molecule has 0 atom stereocenters. The average molecular weight is 394 g/mol. The normalized spacial score (nSPS) is 10.8. The van der Waals surface area contributed by atoms with Gasteiger partial charge in [0.25, 0.3) is 0 Å². The number of halogens is 3. The zero-order chi connectivity index (χ0) is 17.9. The molecule has 24 heavy (non-hydrogen) atoms. The van der Waals surface area contributed by atoms with Gasteiger partial charge in [0.15, 0.2) is 5.75 Å². The van der Waals surface area contributed by atoms with Gasteiger partial charge in [0.1, 0.15) is 5.02 Å². The van der Waals surface area contributed by atoms with Gasteiger partial charge in [-0.15, -0.1) is 0 Å². The van der Waals surface area contributed by atoms with E-state index in [4.69, 9.17) is 44.3 Å². The minimum absolute atomic E-state index is 0.0283. The fraction of sp³-hybridized carbons (Fsp3) is 0.412. The van der Waals surface area contributed by atoms with E-state index in [1.54, 1.807) is 0 Å². The van der Waals surface area contributed by atoms with Crippen LogP contribution in [-0.4, -0.2) is 18.5 Å². The summed E-state index contributed by atoms with van der Waals surface area (Å²) in [6.45, 7) is 2.46. The van der Waals surface area contributed by atoms with E-state index in [1.807, 2.05) is 0 Å². The second-order valence-corrected chi connectivity index (χ2v) is 6.20. The van der Waals surface area contributed by atoms with Crippen LogP contribution >= 0.6 is 34.8 Å². The van der Waals surface area contributed by atoms with Gasteiger partial charge in [-0.1, -0.05) is 67.4 Å². The highest BCUT2D eigenvalue weighted by atomic mass is 35.5. The number of benzene rings is 1. The highest BCUT2D eigenvalue weighted by Gasteiger charge is 2.14. The maximum atomic E-state index is 11.7. The molecule has 0 heterocycles. The van der Waals surface area contributed by atoms with E-state index in [1.165, 1.54) is 18.6 Å². The maximum absolute atomic E-state index is 11.7. The van der Waals surface area contributed by atoms with Gasteiger partial charge in [-0.3, -0.25) is 0 Å². The number of hydrogen-bond acceptors (Lipinski definition) is 4. The van der Waals surface area contributed by atoms with Gasteiger partial charge in [0.05, 0.1) is 16.7 Å². The monoisotopic (exact) mass is 392 g/mol. The molecule has 0 radical (unpaired) electrons. The van der Waals surface area contributed by atoms with E-state index >= 15 is 0 Å². The maximum Gasteiger partial charge on any atom is 0.336 e. The summed E-state index contributed by atoms with van der Waals surface area (Å²) < 4.78 is 9.98. The molecule has 0 saturated carbocycles. The van der Waals surface area contributed by atoms with Crippen LogP contribution in [0.3, 0.4) is 0 Å². The van der Waals surface area contributed by atoms with E-state index in [0.29, 0.717) is 6.61 Å². The van der Waals surface area contributed by atoms with Crippen molar-refractivity contribution in [2.45, 2.75) is 39.0 Å². The number of hydrogen-bond donors (Lipinski definition) is 0. The molecular weight excluding hydrogens is 375 g/mol. The molecule has 1 aromatic rings. The molecule has 7 heteroatoms. The third kappa shape index (κ3) is 7.56. The summed E-state index contributed by atoms with van der Waals surface area (Å²) >= 11 is 17.6. The highest BCUT2D eigenvalue weighted by Crippen LogP contribution is 2.38. The number of esters is 2. The predicted molar refractivity (Wildman–Crippen MR) is 96.0 cm³/mol. The molecule has 0 fully saturated rings. The smallest absolute Gasteiger partial charge is 0.336 e. The number of carbonyl (C=O) groups is 2. The summed E-state index contributed by atoms with van der Waals surface area (Å²) in [6.07, 6.45) is 7.22. The lowest BCUT2D eigenvalue weighted by molar-refractivity contribution is -0.138. The zero-order valence-electron chi connectivity index (χ0n) is 13.3. The van der Waals surface area contributed by atoms with Crippen molar-refractivity contribution in [2.24, 2.45) is 0 Å². The quantitative estimate of drug-likeness (QED) is 0.179. The molecule has 0 aromatic heterocycles. The van der Waals surface area contributed by atoms with Crippen molar-refractivity contribution < 1.29 is 19.1 Å². The van der Waals surface area contributed by atoms with E-state index in [9.17, 15) is 9.59 Å². The van der Waals surface area contributed by atoms with Crippen LogP contribution in [-0.2, 0) is 14.3 Å². The molecule has 0 aliphatic carbocycles. The molecule has 0 saturated heterocycles. The molecule has 4 nitrogen and oxygen atoms in total. The summed E-state index contributed by atoms with van der Waals surface area (Å²) in [5, 5.41) is 0.372. The zero-order valence-corrected chi connectivity index (χ0v) is 15.6. The molecular formula is C17H19Cl3O4. The Hall–Kier alpha value is -1.23. The van der Waals surface area contributed by atoms with Crippen molar-refractivity contribution in [3.05, 3.63) is 39.4 Å². The lowest BCUT2D eigenvalue weighted by Gasteiger charge is -2.07. The first-order valence-electron chi connectivity index (χ1n) is 7.65. The topological polar surface area (TPSA) is 52.6 Å². The summed E-state index contributed by atoms with van der Waals surface area (Å²) in [5.74, 6) is -1.46. The third-order valence-corrected chi connectivity index (χ3v) is 4.14. The van der Waals surface area contributed by atoms with Gasteiger partial charge in [0.2, 0.25) is 0 Å². The van der Waals surface area contributed by atoms with Crippen molar-refractivity contribution in [3.8, 4) is 5.75 Å². The van der Waals surface area contributed by atoms with E-state index in [2.05, 4.69) is 6.92 Å². The van der Waals surface area contributed by atoms with Crippen LogP contribution in [0.15, 0.2) is 24.3 Å². The molecule has 132 valence electrons. The van der Waals surface area contributed by atoms with Gasteiger partial charge in [0, 0.05) is 12.2 Å². The van der Waals surface area contributed by atoms with Crippen LogP contribution in [0.1, 0.15) is 39.0 Å². The molecule has 0 aliphatic rings. The lowest BCUT2D eigenvalue weighted by Crippen LogP contribution is -2.08. The van der Waals surface area contributed by atoms with Gasteiger partial charge in [-0.2, -0.15) is 0 Å². The van der Waals surface area contributed by atoms with E-state index < -0.39 is 11.9 Å².